The fourth-order valence-corrected chi connectivity index (χ4v) is 2.79. The Bertz CT molecular complexity index is 606. The third kappa shape index (κ3) is 4.35. The quantitative estimate of drug-likeness (QED) is 0.803. The van der Waals surface area contributed by atoms with Gasteiger partial charge in [0.15, 0.2) is 0 Å². The van der Waals surface area contributed by atoms with E-state index < -0.39 is 0 Å². The number of hydrogen-bond donors (Lipinski definition) is 1. The molecule has 0 radical (unpaired) electrons. The van der Waals surface area contributed by atoms with Crippen LogP contribution in [0.4, 0.5) is 5.95 Å². The second-order valence-electron chi connectivity index (χ2n) is 5.75. The molecular formula is C16H20ClN3S. The second-order valence-corrected chi connectivity index (χ2v) is 7.22. The summed E-state index contributed by atoms with van der Waals surface area (Å²) < 4.78 is 0. The van der Waals surface area contributed by atoms with Gasteiger partial charge in [0, 0.05) is 11.4 Å². The Morgan fingerprint density at radius 1 is 1.19 bits per heavy atom. The van der Waals surface area contributed by atoms with Gasteiger partial charge in [-0.05, 0) is 30.0 Å². The average molecular weight is 322 g/mol. The van der Waals surface area contributed by atoms with Crippen molar-refractivity contribution in [1.29, 1.82) is 0 Å². The zero-order valence-electron chi connectivity index (χ0n) is 12.8. The predicted molar refractivity (Wildman–Crippen MR) is 90.5 cm³/mol. The van der Waals surface area contributed by atoms with E-state index in [1.807, 2.05) is 6.92 Å². The van der Waals surface area contributed by atoms with Gasteiger partial charge in [-0.2, -0.15) is 0 Å². The van der Waals surface area contributed by atoms with Crippen LogP contribution in [0.3, 0.4) is 0 Å². The van der Waals surface area contributed by atoms with Crippen LogP contribution in [0.5, 0.6) is 0 Å². The molecule has 2 aromatic rings. The predicted octanol–water partition coefficient (Wildman–Crippen LogP) is 5.01. The second kappa shape index (κ2) is 6.67. The third-order valence-electron chi connectivity index (χ3n) is 2.98. The molecule has 0 aliphatic carbocycles. The number of anilines is 1. The first-order chi connectivity index (χ1) is 9.90. The molecule has 0 atom stereocenters. The van der Waals surface area contributed by atoms with Crippen molar-refractivity contribution in [3.63, 3.8) is 0 Å². The van der Waals surface area contributed by atoms with E-state index in [2.05, 4.69) is 60.3 Å². The van der Waals surface area contributed by atoms with Gasteiger partial charge in [-0.15, -0.1) is 0 Å². The zero-order chi connectivity index (χ0) is 15.5. The van der Waals surface area contributed by atoms with E-state index in [-0.39, 0.29) is 5.41 Å². The molecule has 112 valence electrons. The van der Waals surface area contributed by atoms with Gasteiger partial charge in [0.05, 0.1) is 11.2 Å². The van der Waals surface area contributed by atoms with Gasteiger partial charge in [0.25, 0.3) is 0 Å². The Balaban J connectivity index is 2.20. The van der Waals surface area contributed by atoms with E-state index in [0.717, 1.165) is 16.5 Å². The van der Waals surface area contributed by atoms with Crippen molar-refractivity contribution < 1.29 is 0 Å². The molecule has 21 heavy (non-hydrogen) atoms. The van der Waals surface area contributed by atoms with Crippen LogP contribution in [0.25, 0.3) is 0 Å². The van der Waals surface area contributed by atoms with Crippen molar-refractivity contribution in [3.05, 3.63) is 41.0 Å². The van der Waals surface area contributed by atoms with Gasteiger partial charge < -0.3 is 5.32 Å². The Labute approximate surface area is 135 Å². The topological polar surface area (TPSA) is 37.8 Å². The van der Waals surface area contributed by atoms with Gasteiger partial charge in [0.2, 0.25) is 5.95 Å². The number of rotatable bonds is 4. The molecule has 5 heteroatoms. The summed E-state index contributed by atoms with van der Waals surface area (Å²) in [5.74, 6) is 0.607. The van der Waals surface area contributed by atoms with Crippen molar-refractivity contribution in [1.82, 2.24) is 9.97 Å². The minimum Gasteiger partial charge on any atom is -0.354 e. The number of halogens is 1. The van der Waals surface area contributed by atoms with E-state index in [4.69, 9.17) is 11.6 Å². The monoisotopic (exact) mass is 321 g/mol. The van der Waals surface area contributed by atoms with Crippen LogP contribution in [0.15, 0.2) is 40.4 Å². The van der Waals surface area contributed by atoms with Crippen molar-refractivity contribution in [2.75, 3.05) is 11.9 Å². The molecule has 0 unspecified atom stereocenters. The van der Waals surface area contributed by atoms with Crippen LogP contribution >= 0.6 is 23.4 Å². The first-order valence-electron chi connectivity index (χ1n) is 6.95. The van der Waals surface area contributed by atoms with Gasteiger partial charge in [-0.25, -0.2) is 9.97 Å². The summed E-state index contributed by atoms with van der Waals surface area (Å²) in [6, 6.07) is 8.53. The summed E-state index contributed by atoms with van der Waals surface area (Å²) in [4.78, 5) is 9.70. The summed E-state index contributed by atoms with van der Waals surface area (Å²) >= 11 is 7.73. The minimum atomic E-state index is 0.161. The summed E-state index contributed by atoms with van der Waals surface area (Å²) in [6.07, 6.45) is 1.64. The highest BCUT2D eigenvalue weighted by molar-refractivity contribution is 7.99. The number of nitrogens with zero attached hydrogens (tertiary/aromatic N) is 2. The minimum absolute atomic E-state index is 0.161. The highest BCUT2D eigenvalue weighted by Gasteiger charge is 2.13. The van der Waals surface area contributed by atoms with E-state index >= 15 is 0 Å². The summed E-state index contributed by atoms with van der Waals surface area (Å²) in [6.45, 7) is 9.42. The van der Waals surface area contributed by atoms with Crippen molar-refractivity contribution in [2.24, 2.45) is 0 Å². The molecule has 0 saturated carbocycles. The number of hydrogen-bond acceptors (Lipinski definition) is 4. The molecule has 1 aromatic heterocycles. The molecule has 1 aromatic carbocycles. The molecule has 0 spiro atoms. The van der Waals surface area contributed by atoms with Gasteiger partial charge in [-0.3, -0.25) is 0 Å². The molecule has 0 amide bonds. The molecular weight excluding hydrogens is 302 g/mol. The fraction of sp³-hybridized carbons (Fsp3) is 0.375. The first-order valence-corrected chi connectivity index (χ1v) is 8.14. The maximum Gasteiger partial charge on any atom is 0.223 e. The summed E-state index contributed by atoms with van der Waals surface area (Å²) in [5.41, 5.74) is 1.47. The lowest BCUT2D eigenvalue weighted by atomic mass is 9.87. The molecule has 2 rings (SSSR count). The summed E-state index contributed by atoms with van der Waals surface area (Å²) in [5, 5.41) is 4.44. The van der Waals surface area contributed by atoms with Crippen molar-refractivity contribution in [2.45, 2.75) is 43.0 Å². The SMILES string of the molecule is CCNc1ncc(Cl)c(Sc2ccc(C(C)(C)C)cc2)n1. The Morgan fingerprint density at radius 2 is 1.86 bits per heavy atom. The van der Waals surface area contributed by atoms with Gasteiger partial charge in [-0.1, -0.05) is 56.3 Å². The Morgan fingerprint density at radius 3 is 2.43 bits per heavy atom. The molecule has 1 heterocycles. The number of aromatic nitrogens is 2. The van der Waals surface area contributed by atoms with Crippen molar-refractivity contribution in [3.8, 4) is 0 Å². The van der Waals surface area contributed by atoms with E-state index in [1.54, 1.807) is 18.0 Å². The smallest absolute Gasteiger partial charge is 0.223 e. The molecule has 0 bridgehead atoms. The lowest BCUT2D eigenvalue weighted by Crippen LogP contribution is -2.10. The fourth-order valence-electron chi connectivity index (χ4n) is 1.80. The highest BCUT2D eigenvalue weighted by Crippen LogP contribution is 2.33. The van der Waals surface area contributed by atoms with Gasteiger partial charge >= 0.3 is 0 Å². The van der Waals surface area contributed by atoms with Crippen LogP contribution in [0.1, 0.15) is 33.3 Å². The normalized spacial score (nSPS) is 11.5. The third-order valence-corrected chi connectivity index (χ3v) is 4.38. The molecule has 0 aliphatic heterocycles. The largest absolute Gasteiger partial charge is 0.354 e. The van der Waals surface area contributed by atoms with E-state index in [1.165, 1.54) is 5.56 Å². The summed E-state index contributed by atoms with van der Waals surface area (Å²) in [7, 11) is 0. The Hall–Kier alpha value is -1.26. The molecule has 0 saturated heterocycles. The van der Waals surface area contributed by atoms with E-state index in [0.29, 0.717) is 11.0 Å². The van der Waals surface area contributed by atoms with Crippen LogP contribution in [0, 0.1) is 0 Å². The zero-order valence-corrected chi connectivity index (χ0v) is 14.3. The number of benzene rings is 1. The maximum atomic E-state index is 6.18. The maximum absolute atomic E-state index is 6.18. The average Bonchev–Trinajstić information content (AvgIpc) is 2.42. The van der Waals surface area contributed by atoms with Crippen LogP contribution < -0.4 is 5.32 Å². The first kappa shape index (κ1) is 16.1. The molecule has 0 aliphatic rings. The van der Waals surface area contributed by atoms with Gasteiger partial charge in [0.1, 0.15) is 5.03 Å². The standard InChI is InChI=1S/C16H20ClN3S/c1-5-18-15-19-10-13(17)14(20-15)21-12-8-6-11(7-9-12)16(2,3)4/h6-10H,5H2,1-4H3,(H,18,19,20). The molecule has 3 nitrogen and oxygen atoms in total. The lowest BCUT2D eigenvalue weighted by molar-refractivity contribution is 0.590. The van der Waals surface area contributed by atoms with Crippen LogP contribution in [-0.4, -0.2) is 16.5 Å². The van der Waals surface area contributed by atoms with Crippen LogP contribution in [-0.2, 0) is 5.41 Å². The molecule has 0 fully saturated rings. The number of nitrogens with one attached hydrogen (secondary N) is 1. The lowest BCUT2D eigenvalue weighted by Gasteiger charge is -2.19. The Kier molecular flexibility index (Phi) is 5.12. The van der Waals surface area contributed by atoms with E-state index in [9.17, 15) is 0 Å². The van der Waals surface area contributed by atoms with Crippen molar-refractivity contribution >= 4 is 29.3 Å². The molecule has 1 N–H and O–H groups in total. The van der Waals surface area contributed by atoms with Crippen LogP contribution in [0.2, 0.25) is 5.02 Å². The highest BCUT2D eigenvalue weighted by atomic mass is 35.5.